The van der Waals surface area contributed by atoms with Crippen LogP contribution in [0.1, 0.15) is 10.6 Å². The Morgan fingerprint density at radius 3 is 3.08 bits per heavy atom. The normalized spacial score (nSPS) is 10.5. The maximum atomic E-state index is 10.5. The van der Waals surface area contributed by atoms with Gasteiger partial charge in [0.25, 0.3) is 11.6 Å². The summed E-state index contributed by atoms with van der Waals surface area (Å²) in [6, 6.07) is 0. The van der Waals surface area contributed by atoms with Gasteiger partial charge in [-0.1, -0.05) is 0 Å². The van der Waals surface area contributed by atoms with E-state index in [0.29, 0.717) is 4.47 Å². The van der Waals surface area contributed by atoms with E-state index in [1.807, 2.05) is 0 Å². The molecule has 0 fully saturated rings. The van der Waals surface area contributed by atoms with E-state index in [0.717, 1.165) is 0 Å². The predicted octanol–water partition coefficient (Wildman–Crippen LogP) is 0.585. The van der Waals surface area contributed by atoms with Gasteiger partial charge in [0.05, 0.1) is 4.47 Å². The van der Waals surface area contributed by atoms with Crippen molar-refractivity contribution < 1.29 is 9.90 Å². The summed E-state index contributed by atoms with van der Waals surface area (Å²) >= 11 is 3.18. The molecule has 0 aliphatic carbocycles. The van der Waals surface area contributed by atoms with Crippen LogP contribution < -0.4 is 0 Å². The molecule has 13 heavy (non-hydrogen) atoms. The molecular formula is C6H3BrN4O2. The maximum absolute atomic E-state index is 10.5. The molecule has 0 saturated heterocycles. The monoisotopic (exact) mass is 242 g/mol. The van der Waals surface area contributed by atoms with Gasteiger partial charge < -0.3 is 5.11 Å². The van der Waals surface area contributed by atoms with Crippen molar-refractivity contribution in [1.82, 2.24) is 19.6 Å². The SMILES string of the molecule is O=C(O)c1nc2ncc(Br)cn2n1. The highest BCUT2D eigenvalue weighted by molar-refractivity contribution is 9.10. The molecule has 2 aromatic heterocycles. The highest BCUT2D eigenvalue weighted by Gasteiger charge is 2.10. The minimum Gasteiger partial charge on any atom is -0.475 e. The first-order valence-electron chi connectivity index (χ1n) is 3.28. The highest BCUT2D eigenvalue weighted by Crippen LogP contribution is 2.07. The van der Waals surface area contributed by atoms with E-state index < -0.39 is 5.97 Å². The predicted molar refractivity (Wildman–Crippen MR) is 45.4 cm³/mol. The third-order valence-corrected chi connectivity index (χ3v) is 1.76. The van der Waals surface area contributed by atoms with E-state index >= 15 is 0 Å². The largest absolute Gasteiger partial charge is 0.475 e. The second kappa shape index (κ2) is 2.77. The molecule has 7 heteroatoms. The van der Waals surface area contributed by atoms with Crippen LogP contribution in [0.2, 0.25) is 0 Å². The van der Waals surface area contributed by atoms with Crippen molar-refractivity contribution in [3.05, 3.63) is 22.7 Å². The van der Waals surface area contributed by atoms with Crippen LogP contribution in [-0.2, 0) is 0 Å². The Bertz CT molecular complexity index is 480. The van der Waals surface area contributed by atoms with Gasteiger partial charge in [0.2, 0.25) is 0 Å². The van der Waals surface area contributed by atoms with E-state index in [9.17, 15) is 4.79 Å². The summed E-state index contributed by atoms with van der Waals surface area (Å²) in [4.78, 5) is 18.0. The molecule has 6 nitrogen and oxygen atoms in total. The molecule has 66 valence electrons. The lowest BCUT2D eigenvalue weighted by atomic mass is 10.6. The van der Waals surface area contributed by atoms with Crippen molar-refractivity contribution in [3.63, 3.8) is 0 Å². The van der Waals surface area contributed by atoms with Gasteiger partial charge in [-0.05, 0) is 15.9 Å². The molecule has 2 heterocycles. The van der Waals surface area contributed by atoms with Crippen LogP contribution in [0, 0.1) is 0 Å². The summed E-state index contributed by atoms with van der Waals surface area (Å²) in [7, 11) is 0. The topological polar surface area (TPSA) is 80.4 Å². The molecule has 0 unspecified atom stereocenters. The molecule has 2 rings (SSSR count). The number of hydrogen-bond donors (Lipinski definition) is 1. The Labute approximate surface area is 80.4 Å². The zero-order valence-corrected chi connectivity index (χ0v) is 7.76. The lowest BCUT2D eigenvalue weighted by Gasteiger charge is -1.88. The zero-order chi connectivity index (χ0) is 9.42. The molecule has 0 aliphatic rings. The van der Waals surface area contributed by atoms with E-state index in [4.69, 9.17) is 5.11 Å². The lowest BCUT2D eigenvalue weighted by Crippen LogP contribution is -1.99. The summed E-state index contributed by atoms with van der Waals surface area (Å²) in [5, 5.41) is 12.3. The number of carboxylic acids is 1. The minimum absolute atomic E-state index is 0.259. The number of carbonyl (C=O) groups is 1. The van der Waals surface area contributed by atoms with Gasteiger partial charge in [-0.2, -0.15) is 4.98 Å². The van der Waals surface area contributed by atoms with Crippen molar-refractivity contribution >= 4 is 27.7 Å². The number of fused-ring (bicyclic) bond motifs is 1. The van der Waals surface area contributed by atoms with Crippen molar-refractivity contribution in [2.24, 2.45) is 0 Å². The molecule has 0 aliphatic heterocycles. The number of aromatic nitrogens is 4. The van der Waals surface area contributed by atoms with Gasteiger partial charge in [-0.15, -0.1) is 5.10 Å². The fourth-order valence-electron chi connectivity index (χ4n) is 0.850. The van der Waals surface area contributed by atoms with Gasteiger partial charge in [0.1, 0.15) is 0 Å². The quantitative estimate of drug-likeness (QED) is 0.792. The number of nitrogens with zero attached hydrogens (tertiary/aromatic N) is 4. The molecule has 0 saturated carbocycles. The molecular weight excluding hydrogens is 240 g/mol. The van der Waals surface area contributed by atoms with Crippen molar-refractivity contribution in [1.29, 1.82) is 0 Å². The van der Waals surface area contributed by atoms with Crippen molar-refractivity contribution in [2.75, 3.05) is 0 Å². The van der Waals surface area contributed by atoms with E-state index in [-0.39, 0.29) is 11.6 Å². The number of carboxylic acid groups (broad SMARTS) is 1. The average Bonchev–Trinajstić information content (AvgIpc) is 2.46. The second-order valence-corrected chi connectivity index (χ2v) is 3.17. The molecule has 0 bridgehead atoms. The minimum atomic E-state index is -1.17. The number of hydrogen-bond acceptors (Lipinski definition) is 4. The lowest BCUT2D eigenvalue weighted by molar-refractivity contribution is 0.0684. The summed E-state index contributed by atoms with van der Waals surface area (Å²) in [6.45, 7) is 0. The summed E-state index contributed by atoms with van der Waals surface area (Å²) < 4.78 is 2.01. The Hall–Kier alpha value is -1.50. The molecule has 2 aromatic rings. The summed E-state index contributed by atoms with van der Waals surface area (Å²) in [5.41, 5.74) is 0. The van der Waals surface area contributed by atoms with Crippen LogP contribution in [-0.4, -0.2) is 30.7 Å². The first kappa shape index (κ1) is 8.11. The van der Waals surface area contributed by atoms with E-state index in [1.54, 1.807) is 6.20 Å². The molecule has 0 amide bonds. The number of aromatic carboxylic acids is 1. The standard InChI is InChI=1S/C6H3BrN4O2/c7-3-1-8-6-9-4(5(12)13)10-11(6)2-3/h1-2H,(H,12,13). The molecule has 1 N–H and O–H groups in total. The Morgan fingerprint density at radius 1 is 1.62 bits per heavy atom. The fraction of sp³-hybridized carbons (Fsp3) is 0. The van der Waals surface area contributed by atoms with E-state index in [2.05, 4.69) is 31.0 Å². The Balaban J connectivity index is 2.68. The third kappa shape index (κ3) is 1.37. The van der Waals surface area contributed by atoms with Crippen molar-refractivity contribution in [3.8, 4) is 0 Å². The van der Waals surface area contributed by atoms with Crippen LogP contribution in [0.15, 0.2) is 16.9 Å². The highest BCUT2D eigenvalue weighted by atomic mass is 79.9. The van der Waals surface area contributed by atoms with Crippen LogP contribution in [0.3, 0.4) is 0 Å². The zero-order valence-electron chi connectivity index (χ0n) is 6.18. The summed E-state index contributed by atoms with van der Waals surface area (Å²) in [5.74, 6) is -1.16. The first-order valence-corrected chi connectivity index (χ1v) is 4.07. The molecule has 0 aromatic carbocycles. The first-order chi connectivity index (χ1) is 6.16. The van der Waals surface area contributed by atoms with Crippen LogP contribution in [0.5, 0.6) is 0 Å². The molecule has 0 atom stereocenters. The number of rotatable bonds is 1. The average molecular weight is 243 g/mol. The fourth-order valence-corrected chi connectivity index (χ4v) is 1.15. The molecule has 0 spiro atoms. The number of halogens is 1. The third-order valence-electron chi connectivity index (χ3n) is 1.35. The summed E-state index contributed by atoms with van der Waals surface area (Å²) in [6.07, 6.45) is 3.11. The smallest absolute Gasteiger partial charge is 0.375 e. The second-order valence-electron chi connectivity index (χ2n) is 2.26. The van der Waals surface area contributed by atoms with Crippen molar-refractivity contribution in [2.45, 2.75) is 0 Å². The van der Waals surface area contributed by atoms with Gasteiger partial charge in [-0.25, -0.2) is 14.3 Å². The Kier molecular flexibility index (Phi) is 1.73. The maximum Gasteiger partial charge on any atom is 0.375 e. The van der Waals surface area contributed by atoms with Gasteiger partial charge in [0, 0.05) is 12.4 Å². The van der Waals surface area contributed by atoms with Gasteiger partial charge in [0.15, 0.2) is 0 Å². The van der Waals surface area contributed by atoms with Gasteiger partial charge in [-0.3, -0.25) is 0 Å². The molecule has 0 radical (unpaired) electrons. The Morgan fingerprint density at radius 2 is 2.38 bits per heavy atom. The van der Waals surface area contributed by atoms with Crippen LogP contribution in [0.25, 0.3) is 5.78 Å². The van der Waals surface area contributed by atoms with Crippen LogP contribution in [0.4, 0.5) is 0 Å². The van der Waals surface area contributed by atoms with Crippen LogP contribution >= 0.6 is 15.9 Å². The van der Waals surface area contributed by atoms with Gasteiger partial charge >= 0.3 is 5.97 Å². The van der Waals surface area contributed by atoms with E-state index in [1.165, 1.54) is 10.7 Å².